The van der Waals surface area contributed by atoms with Gasteiger partial charge in [-0.3, -0.25) is 4.79 Å². The Morgan fingerprint density at radius 2 is 2.00 bits per heavy atom. The van der Waals surface area contributed by atoms with Gasteiger partial charge in [-0.1, -0.05) is 22.4 Å². The van der Waals surface area contributed by atoms with E-state index in [-0.39, 0.29) is 13.0 Å². The minimum absolute atomic E-state index is 0.0636. The van der Waals surface area contributed by atoms with Crippen LogP contribution in [0.25, 0.3) is 0 Å². The summed E-state index contributed by atoms with van der Waals surface area (Å²) in [6.07, 6.45) is 1.65. The zero-order valence-electron chi connectivity index (χ0n) is 10.6. The maximum absolute atomic E-state index is 13.6. The van der Waals surface area contributed by atoms with Gasteiger partial charge in [0.1, 0.15) is 10.7 Å². The third-order valence-corrected chi connectivity index (χ3v) is 4.53. The van der Waals surface area contributed by atoms with Crippen molar-refractivity contribution in [2.45, 2.75) is 30.6 Å². The largest absolute Gasteiger partial charge is 0.481 e. The molecule has 0 aliphatic rings. The average Bonchev–Trinajstić information content (AvgIpc) is 2.32. The standard InChI is InChI=1S/C12H15BrFNO4S/c13-9-5-6-11(10(14)8-9)20(18,19)15-7-3-1-2-4-12(16)17/h5-6,8,15H,1-4,7H2,(H,16,17). The first-order valence-corrected chi connectivity index (χ1v) is 8.27. The van der Waals surface area contributed by atoms with E-state index in [1.54, 1.807) is 0 Å². The van der Waals surface area contributed by atoms with Crippen molar-refractivity contribution in [3.05, 3.63) is 28.5 Å². The van der Waals surface area contributed by atoms with Gasteiger partial charge in [-0.15, -0.1) is 0 Å². The maximum atomic E-state index is 13.6. The molecule has 0 amide bonds. The molecular formula is C12H15BrFNO4S. The molecule has 1 rings (SSSR count). The van der Waals surface area contributed by atoms with Gasteiger partial charge in [-0.2, -0.15) is 0 Å². The first-order chi connectivity index (χ1) is 9.33. The second kappa shape index (κ2) is 7.70. The number of carboxylic acids is 1. The first kappa shape index (κ1) is 17.1. The van der Waals surface area contributed by atoms with E-state index in [0.29, 0.717) is 23.7 Å². The summed E-state index contributed by atoms with van der Waals surface area (Å²) >= 11 is 3.05. The summed E-state index contributed by atoms with van der Waals surface area (Å²) in [5, 5.41) is 8.44. The monoisotopic (exact) mass is 367 g/mol. The van der Waals surface area contributed by atoms with Crippen LogP contribution in [0.2, 0.25) is 0 Å². The van der Waals surface area contributed by atoms with E-state index in [9.17, 15) is 17.6 Å². The highest BCUT2D eigenvalue weighted by Gasteiger charge is 2.18. The molecule has 0 aromatic heterocycles. The predicted molar refractivity (Wildman–Crippen MR) is 75.4 cm³/mol. The Labute approximate surface area is 125 Å². The van der Waals surface area contributed by atoms with Gasteiger partial charge in [0.25, 0.3) is 0 Å². The number of rotatable bonds is 8. The summed E-state index contributed by atoms with van der Waals surface area (Å²) in [5.74, 6) is -1.69. The van der Waals surface area contributed by atoms with Crippen LogP contribution in [0.4, 0.5) is 4.39 Å². The van der Waals surface area contributed by atoms with Gasteiger partial charge in [0.2, 0.25) is 10.0 Å². The lowest BCUT2D eigenvalue weighted by atomic mass is 10.2. The van der Waals surface area contributed by atoms with Crippen LogP contribution < -0.4 is 4.72 Å². The highest BCUT2D eigenvalue weighted by Crippen LogP contribution is 2.19. The minimum atomic E-state index is -3.87. The summed E-state index contributed by atoms with van der Waals surface area (Å²) < 4.78 is 40.0. The van der Waals surface area contributed by atoms with Gasteiger partial charge in [0, 0.05) is 17.4 Å². The Kier molecular flexibility index (Phi) is 6.57. The number of halogens is 2. The number of benzene rings is 1. The molecule has 2 N–H and O–H groups in total. The van der Waals surface area contributed by atoms with Gasteiger partial charge >= 0.3 is 5.97 Å². The van der Waals surface area contributed by atoms with E-state index < -0.39 is 26.7 Å². The third kappa shape index (κ3) is 5.56. The fourth-order valence-corrected chi connectivity index (χ4v) is 3.02. The number of carboxylic acid groups (broad SMARTS) is 1. The number of unbranched alkanes of at least 4 members (excludes halogenated alkanes) is 2. The number of hydrogen-bond acceptors (Lipinski definition) is 3. The highest BCUT2D eigenvalue weighted by atomic mass is 79.9. The Bertz CT molecular complexity index is 577. The van der Waals surface area contributed by atoms with E-state index in [4.69, 9.17) is 5.11 Å². The summed E-state index contributed by atoms with van der Waals surface area (Å²) in [6, 6.07) is 3.72. The quantitative estimate of drug-likeness (QED) is 0.691. The zero-order chi connectivity index (χ0) is 15.2. The van der Waals surface area contributed by atoms with Crippen molar-refractivity contribution in [2.75, 3.05) is 6.54 Å². The molecule has 0 aliphatic heterocycles. The second-order valence-electron chi connectivity index (χ2n) is 4.18. The second-order valence-corrected chi connectivity index (χ2v) is 6.83. The average molecular weight is 368 g/mol. The number of nitrogens with one attached hydrogen (secondary N) is 1. The number of sulfonamides is 1. The minimum Gasteiger partial charge on any atom is -0.481 e. The summed E-state index contributed by atoms with van der Waals surface area (Å²) in [7, 11) is -3.87. The summed E-state index contributed by atoms with van der Waals surface area (Å²) in [5.41, 5.74) is 0. The van der Waals surface area contributed by atoms with E-state index in [1.165, 1.54) is 12.1 Å². The van der Waals surface area contributed by atoms with E-state index >= 15 is 0 Å². The SMILES string of the molecule is O=C(O)CCCCCNS(=O)(=O)c1ccc(Br)cc1F. The fraction of sp³-hybridized carbons (Fsp3) is 0.417. The van der Waals surface area contributed by atoms with Crippen molar-refractivity contribution in [1.82, 2.24) is 4.72 Å². The third-order valence-electron chi connectivity index (χ3n) is 2.54. The van der Waals surface area contributed by atoms with Crippen LogP contribution in [-0.2, 0) is 14.8 Å². The summed E-state index contributed by atoms with van der Waals surface area (Å²) in [4.78, 5) is 9.89. The molecule has 112 valence electrons. The topological polar surface area (TPSA) is 83.5 Å². The molecular weight excluding hydrogens is 353 g/mol. The van der Waals surface area contributed by atoms with Crippen LogP contribution >= 0.6 is 15.9 Å². The van der Waals surface area contributed by atoms with Gasteiger partial charge in [-0.25, -0.2) is 17.5 Å². The van der Waals surface area contributed by atoms with Crippen LogP contribution in [0, 0.1) is 5.82 Å². The molecule has 8 heteroatoms. The molecule has 0 spiro atoms. The molecule has 0 unspecified atom stereocenters. The molecule has 0 saturated heterocycles. The van der Waals surface area contributed by atoms with E-state index in [1.807, 2.05) is 0 Å². The van der Waals surface area contributed by atoms with Crippen LogP contribution in [0.5, 0.6) is 0 Å². The van der Waals surface area contributed by atoms with Crippen LogP contribution in [0.3, 0.4) is 0 Å². The van der Waals surface area contributed by atoms with Crippen molar-refractivity contribution < 1.29 is 22.7 Å². The number of hydrogen-bond donors (Lipinski definition) is 2. The molecule has 0 heterocycles. The Morgan fingerprint density at radius 1 is 1.30 bits per heavy atom. The molecule has 1 aromatic carbocycles. The molecule has 0 fully saturated rings. The van der Waals surface area contributed by atoms with Crippen molar-refractivity contribution in [2.24, 2.45) is 0 Å². The maximum Gasteiger partial charge on any atom is 0.303 e. The normalized spacial score (nSPS) is 11.5. The van der Waals surface area contributed by atoms with E-state index in [2.05, 4.69) is 20.7 Å². The Morgan fingerprint density at radius 3 is 2.60 bits per heavy atom. The lowest BCUT2D eigenvalue weighted by Crippen LogP contribution is -2.25. The number of carbonyl (C=O) groups is 1. The number of aliphatic carboxylic acids is 1. The van der Waals surface area contributed by atoms with Crippen LogP contribution in [-0.4, -0.2) is 26.0 Å². The molecule has 0 atom stereocenters. The Hall–Kier alpha value is -0.990. The van der Waals surface area contributed by atoms with Crippen molar-refractivity contribution in [3.8, 4) is 0 Å². The summed E-state index contributed by atoms with van der Waals surface area (Å²) in [6.45, 7) is 0.150. The van der Waals surface area contributed by atoms with E-state index in [0.717, 1.165) is 6.07 Å². The lowest BCUT2D eigenvalue weighted by Gasteiger charge is -2.07. The van der Waals surface area contributed by atoms with Gasteiger partial charge in [0.15, 0.2) is 0 Å². The zero-order valence-corrected chi connectivity index (χ0v) is 13.0. The molecule has 0 radical (unpaired) electrons. The first-order valence-electron chi connectivity index (χ1n) is 5.99. The molecule has 5 nitrogen and oxygen atoms in total. The van der Waals surface area contributed by atoms with Crippen molar-refractivity contribution in [1.29, 1.82) is 0 Å². The van der Waals surface area contributed by atoms with Gasteiger partial charge < -0.3 is 5.11 Å². The predicted octanol–water partition coefficient (Wildman–Crippen LogP) is 2.51. The van der Waals surface area contributed by atoms with Crippen molar-refractivity contribution >= 4 is 31.9 Å². The van der Waals surface area contributed by atoms with Crippen molar-refractivity contribution in [3.63, 3.8) is 0 Å². The van der Waals surface area contributed by atoms with Gasteiger partial charge in [-0.05, 0) is 31.0 Å². The molecule has 0 bridgehead atoms. The van der Waals surface area contributed by atoms with Crippen LogP contribution in [0.1, 0.15) is 25.7 Å². The smallest absolute Gasteiger partial charge is 0.303 e. The van der Waals surface area contributed by atoms with Crippen LogP contribution in [0.15, 0.2) is 27.6 Å². The lowest BCUT2D eigenvalue weighted by molar-refractivity contribution is -0.137. The van der Waals surface area contributed by atoms with Gasteiger partial charge in [0.05, 0.1) is 0 Å². The molecule has 0 aliphatic carbocycles. The Balaban J connectivity index is 2.48. The molecule has 20 heavy (non-hydrogen) atoms. The highest BCUT2D eigenvalue weighted by molar-refractivity contribution is 9.10. The fourth-order valence-electron chi connectivity index (χ4n) is 1.56. The molecule has 0 saturated carbocycles. The molecule has 1 aromatic rings.